The van der Waals surface area contributed by atoms with Crippen LogP contribution in [0.15, 0.2) is 26.5 Å². The molecule has 0 radical (unpaired) electrons. The minimum Gasteiger partial charge on any atom is -0.481 e. The van der Waals surface area contributed by atoms with E-state index in [0.717, 1.165) is 12.1 Å². The molecule has 1 unspecified atom stereocenters. The van der Waals surface area contributed by atoms with E-state index in [9.17, 15) is 14.4 Å². The first-order valence-electron chi connectivity index (χ1n) is 4.58. The molecule has 0 amide bonds. The maximum absolute atomic E-state index is 11.0. The van der Waals surface area contributed by atoms with Gasteiger partial charge in [0.1, 0.15) is 6.04 Å². The predicted octanol–water partition coefficient (Wildman–Crippen LogP) is 0.644. The average molecular weight is 253 g/mol. The molecule has 18 heavy (non-hydrogen) atoms. The summed E-state index contributed by atoms with van der Waals surface area (Å²) in [5, 5.41) is 20.4. The molecule has 1 heterocycles. The van der Waals surface area contributed by atoms with E-state index in [1.165, 1.54) is 0 Å². The van der Waals surface area contributed by atoms with Crippen LogP contribution >= 0.6 is 0 Å². The monoisotopic (exact) mass is 253 g/mol. The molecule has 9 nitrogen and oxygen atoms in total. The number of hydrogen-bond acceptors (Lipinski definition) is 5. The van der Waals surface area contributed by atoms with Crippen molar-refractivity contribution in [1.29, 1.82) is 0 Å². The summed E-state index contributed by atoms with van der Waals surface area (Å²) in [6.45, 7) is 0. The number of aliphatic carboxylic acids is 1. The molecule has 0 aliphatic heterocycles. The molecule has 94 valence electrons. The Kier molecular flexibility index (Phi) is 4.06. The van der Waals surface area contributed by atoms with Crippen LogP contribution in [0.4, 0.5) is 0 Å². The number of aromatic carboxylic acids is 1. The lowest BCUT2D eigenvalue weighted by Gasteiger charge is -2.05. The van der Waals surface area contributed by atoms with Gasteiger partial charge in [-0.25, -0.2) is 9.59 Å². The van der Waals surface area contributed by atoms with Crippen LogP contribution in [0.2, 0.25) is 0 Å². The van der Waals surface area contributed by atoms with Gasteiger partial charge < -0.3 is 14.6 Å². The number of hydrogen-bond donors (Lipinski definition) is 2. The second-order valence-electron chi connectivity index (χ2n) is 3.22. The van der Waals surface area contributed by atoms with Crippen molar-refractivity contribution in [3.8, 4) is 0 Å². The fraction of sp³-hybridized carbons (Fsp3) is 0.222. The highest BCUT2D eigenvalue weighted by atomic mass is 16.4. The van der Waals surface area contributed by atoms with E-state index in [4.69, 9.17) is 15.7 Å². The third-order valence-corrected chi connectivity index (χ3v) is 1.95. The fourth-order valence-corrected chi connectivity index (χ4v) is 1.22. The SMILES string of the molecule is [N-]=[N+]=NC(Cc1cc(C(=O)O)oc(=O)c1)C(=O)O. The van der Waals surface area contributed by atoms with Crippen molar-refractivity contribution in [3.63, 3.8) is 0 Å². The highest BCUT2D eigenvalue weighted by Gasteiger charge is 2.18. The average Bonchev–Trinajstić information content (AvgIpc) is 2.27. The Balaban J connectivity index is 3.10. The standard InChI is InChI=1S/C9H7N3O6/c10-12-11-5(8(14)15)1-4-2-6(9(16)17)18-7(13)3-4/h2-3,5H,1H2,(H,14,15)(H,16,17). The first-order valence-corrected chi connectivity index (χ1v) is 4.58. The summed E-state index contributed by atoms with van der Waals surface area (Å²) in [5.74, 6) is -3.44. The summed E-state index contributed by atoms with van der Waals surface area (Å²) >= 11 is 0. The van der Waals surface area contributed by atoms with Crippen LogP contribution in [0, 0.1) is 0 Å². The predicted molar refractivity (Wildman–Crippen MR) is 56.2 cm³/mol. The zero-order chi connectivity index (χ0) is 13.7. The summed E-state index contributed by atoms with van der Waals surface area (Å²) in [6.07, 6.45) is -0.300. The molecule has 0 fully saturated rings. The molecule has 1 aromatic rings. The Morgan fingerprint density at radius 2 is 2.11 bits per heavy atom. The van der Waals surface area contributed by atoms with Gasteiger partial charge in [-0.05, 0) is 23.6 Å². The molecule has 0 spiro atoms. The lowest BCUT2D eigenvalue weighted by molar-refractivity contribution is -0.138. The quantitative estimate of drug-likeness (QED) is 0.445. The molecular weight excluding hydrogens is 246 g/mol. The van der Waals surface area contributed by atoms with Gasteiger partial charge in [0.2, 0.25) is 5.76 Å². The van der Waals surface area contributed by atoms with Crippen molar-refractivity contribution in [2.24, 2.45) is 5.11 Å². The van der Waals surface area contributed by atoms with Gasteiger partial charge in [0, 0.05) is 11.0 Å². The molecule has 0 bridgehead atoms. The first kappa shape index (κ1) is 13.3. The Hall–Kier alpha value is -2.80. The van der Waals surface area contributed by atoms with Gasteiger partial charge in [0.05, 0.1) is 0 Å². The van der Waals surface area contributed by atoms with Gasteiger partial charge in [-0.1, -0.05) is 5.11 Å². The van der Waals surface area contributed by atoms with Crippen molar-refractivity contribution >= 4 is 11.9 Å². The molecule has 0 aliphatic carbocycles. The maximum Gasteiger partial charge on any atom is 0.371 e. The number of rotatable bonds is 5. The molecule has 1 rings (SSSR count). The Labute approximate surface area is 98.9 Å². The van der Waals surface area contributed by atoms with Crippen LogP contribution in [0.1, 0.15) is 16.1 Å². The summed E-state index contributed by atoms with van der Waals surface area (Å²) in [5.41, 5.74) is 7.36. The fourth-order valence-electron chi connectivity index (χ4n) is 1.22. The van der Waals surface area contributed by atoms with Crippen LogP contribution < -0.4 is 5.63 Å². The van der Waals surface area contributed by atoms with E-state index in [2.05, 4.69) is 14.4 Å². The first-order chi connectivity index (χ1) is 8.43. The van der Waals surface area contributed by atoms with Crippen molar-refractivity contribution in [1.82, 2.24) is 0 Å². The summed E-state index contributed by atoms with van der Waals surface area (Å²) in [6, 6.07) is 0.528. The molecule has 0 aliphatic rings. The van der Waals surface area contributed by atoms with Gasteiger partial charge in [-0.2, -0.15) is 0 Å². The zero-order valence-electron chi connectivity index (χ0n) is 8.81. The van der Waals surface area contributed by atoms with Crippen LogP contribution in [-0.4, -0.2) is 28.2 Å². The molecule has 0 saturated heterocycles. The zero-order valence-corrected chi connectivity index (χ0v) is 8.81. The van der Waals surface area contributed by atoms with Gasteiger partial charge >= 0.3 is 17.6 Å². The number of carboxylic acids is 2. The topological polar surface area (TPSA) is 154 Å². The Bertz CT molecular complexity index is 584. The van der Waals surface area contributed by atoms with Crippen LogP contribution in [0.25, 0.3) is 10.4 Å². The minimum absolute atomic E-state index is 0.100. The van der Waals surface area contributed by atoms with Crippen LogP contribution in [0.3, 0.4) is 0 Å². The van der Waals surface area contributed by atoms with Crippen LogP contribution in [0.5, 0.6) is 0 Å². The van der Waals surface area contributed by atoms with Crippen molar-refractivity contribution in [2.45, 2.75) is 12.5 Å². The smallest absolute Gasteiger partial charge is 0.371 e. The summed E-state index contributed by atoms with van der Waals surface area (Å²) in [7, 11) is 0. The third-order valence-electron chi connectivity index (χ3n) is 1.95. The van der Waals surface area contributed by atoms with Gasteiger partial charge in [-0.15, -0.1) is 0 Å². The minimum atomic E-state index is -1.45. The molecule has 9 heteroatoms. The molecule has 2 N–H and O–H groups in total. The van der Waals surface area contributed by atoms with Gasteiger partial charge in [0.25, 0.3) is 0 Å². The largest absolute Gasteiger partial charge is 0.481 e. The van der Waals surface area contributed by atoms with E-state index < -0.39 is 29.4 Å². The Morgan fingerprint density at radius 1 is 1.44 bits per heavy atom. The molecule has 1 atom stereocenters. The molecule has 0 saturated carbocycles. The highest BCUT2D eigenvalue weighted by Crippen LogP contribution is 2.08. The second kappa shape index (κ2) is 5.51. The molecule has 1 aromatic heterocycles. The summed E-state index contributed by atoms with van der Waals surface area (Å²) < 4.78 is 4.38. The number of carbonyl (C=O) groups is 2. The lowest BCUT2D eigenvalue weighted by atomic mass is 10.1. The van der Waals surface area contributed by atoms with Crippen molar-refractivity contribution in [2.75, 3.05) is 0 Å². The van der Waals surface area contributed by atoms with Gasteiger partial charge in [-0.3, -0.25) is 4.79 Å². The van der Waals surface area contributed by atoms with E-state index in [1.807, 2.05) is 0 Å². The van der Waals surface area contributed by atoms with Crippen LogP contribution in [-0.2, 0) is 11.2 Å². The highest BCUT2D eigenvalue weighted by molar-refractivity contribution is 5.84. The normalized spacial score (nSPS) is 11.3. The maximum atomic E-state index is 11.0. The van der Waals surface area contributed by atoms with E-state index in [1.54, 1.807) is 0 Å². The molecule has 0 aromatic carbocycles. The number of azide groups is 1. The third kappa shape index (κ3) is 3.35. The van der Waals surface area contributed by atoms with Crippen molar-refractivity contribution < 1.29 is 24.2 Å². The van der Waals surface area contributed by atoms with E-state index in [-0.39, 0.29) is 12.0 Å². The lowest BCUT2D eigenvalue weighted by Crippen LogP contribution is -2.21. The summed E-state index contributed by atoms with van der Waals surface area (Å²) in [4.78, 5) is 34.7. The Morgan fingerprint density at radius 3 is 2.61 bits per heavy atom. The number of nitrogens with zero attached hydrogens (tertiary/aromatic N) is 3. The number of carboxylic acid groups (broad SMARTS) is 2. The molecular formula is C9H7N3O6. The second-order valence-corrected chi connectivity index (χ2v) is 3.22. The van der Waals surface area contributed by atoms with Gasteiger partial charge in [0.15, 0.2) is 0 Å². The van der Waals surface area contributed by atoms with E-state index >= 15 is 0 Å². The van der Waals surface area contributed by atoms with E-state index in [0.29, 0.717) is 0 Å². The van der Waals surface area contributed by atoms with Crippen molar-refractivity contribution in [3.05, 3.63) is 44.3 Å².